The zero-order chi connectivity index (χ0) is 20.3. The Labute approximate surface area is 164 Å². The van der Waals surface area contributed by atoms with Crippen molar-refractivity contribution in [2.45, 2.75) is 19.9 Å². The first-order chi connectivity index (χ1) is 13.4. The van der Waals surface area contributed by atoms with Gasteiger partial charge in [-0.25, -0.2) is 0 Å². The Morgan fingerprint density at radius 2 is 1.86 bits per heavy atom. The Kier molecular flexibility index (Phi) is 5.94. The number of amides is 1. The summed E-state index contributed by atoms with van der Waals surface area (Å²) in [6, 6.07) is 12.3. The van der Waals surface area contributed by atoms with Crippen LogP contribution in [0.4, 0.5) is 5.69 Å². The summed E-state index contributed by atoms with van der Waals surface area (Å²) < 4.78 is 5.32. The highest BCUT2D eigenvalue weighted by Crippen LogP contribution is 2.26. The number of hydrogen-bond donors (Lipinski definition) is 0. The molecule has 0 unspecified atom stereocenters. The van der Waals surface area contributed by atoms with Gasteiger partial charge in [-0.1, -0.05) is 18.2 Å². The molecular weight excluding hydrogens is 358 g/mol. The van der Waals surface area contributed by atoms with Crippen LogP contribution in [0, 0.1) is 17.0 Å². The number of carbonyl (C=O) groups is 1. The number of rotatable bonds is 5. The number of non-ortho nitro benzene ring substituents is 1. The predicted molar refractivity (Wildman–Crippen MR) is 107 cm³/mol. The Morgan fingerprint density at radius 1 is 1.14 bits per heavy atom. The van der Waals surface area contributed by atoms with E-state index in [9.17, 15) is 14.9 Å². The van der Waals surface area contributed by atoms with E-state index in [1.807, 2.05) is 36.9 Å². The van der Waals surface area contributed by atoms with Gasteiger partial charge < -0.3 is 9.64 Å². The van der Waals surface area contributed by atoms with Crippen molar-refractivity contribution in [2.75, 3.05) is 33.3 Å². The highest BCUT2D eigenvalue weighted by atomic mass is 16.6. The van der Waals surface area contributed by atoms with Crippen LogP contribution < -0.4 is 4.74 Å². The quantitative estimate of drug-likeness (QED) is 0.584. The molecule has 7 nitrogen and oxygen atoms in total. The fourth-order valence-electron chi connectivity index (χ4n) is 3.56. The van der Waals surface area contributed by atoms with E-state index in [4.69, 9.17) is 4.74 Å². The molecule has 1 aliphatic rings. The van der Waals surface area contributed by atoms with Gasteiger partial charge in [0.15, 0.2) is 0 Å². The molecule has 0 radical (unpaired) electrons. The third-order valence-corrected chi connectivity index (χ3v) is 5.37. The number of ether oxygens (including phenoxy) is 1. The Balaban J connectivity index is 1.64. The van der Waals surface area contributed by atoms with Crippen molar-refractivity contribution in [3.63, 3.8) is 0 Å². The van der Waals surface area contributed by atoms with Crippen LogP contribution in [0.1, 0.15) is 34.5 Å². The molecule has 28 heavy (non-hydrogen) atoms. The molecule has 1 heterocycles. The number of nitro benzene ring substituents is 1. The first kappa shape index (κ1) is 19.8. The minimum atomic E-state index is -0.372. The van der Waals surface area contributed by atoms with Crippen molar-refractivity contribution < 1.29 is 14.5 Å². The zero-order valence-corrected chi connectivity index (χ0v) is 16.4. The van der Waals surface area contributed by atoms with Crippen molar-refractivity contribution in [3.05, 3.63) is 69.3 Å². The number of piperazine rings is 1. The lowest BCUT2D eigenvalue weighted by molar-refractivity contribution is -0.385. The van der Waals surface area contributed by atoms with Gasteiger partial charge in [0.1, 0.15) is 5.75 Å². The molecule has 7 heteroatoms. The van der Waals surface area contributed by atoms with E-state index >= 15 is 0 Å². The molecule has 1 saturated heterocycles. The van der Waals surface area contributed by atoms with Crippen LogP contribution >= 0.6 is 0 Å². The van der Waals surface area contributed by atoms with E-state index < -0.39 is 0 Å². The van der Waals surface area contributed by atoms with E-state index in [-0.39, 0.29) is 22.6 Å². The van der Waals surface area contributed by atoms with Gasteiger partial charge in [-0.3, -0.25) is 19.8 Å². The first-order valence-corrected chi connectivity index (χ1v) is 9.33. The van der Waals surface area contributed by atoms with Crippen molar-refractivity contribution in [3.8, 4) is 5.75 Å². The van der Waals surface area contributed by atoms with Gasteiger partial charge in [-0.15, -0.1) is 0 Å². The Bertz CT molecular complexity index is 876. The molecule has 0 aromatic heterocycles. The minimum absolute atomic E-state index is 0.000881. The molecule has 0 spiro atoms. The van der Waals surface area contributed by atoms with Crippen LogP contribution in [0.3, 0.4) is 0 Å². The number of hydrogen-bond acceptors (Lipinski definition) is 5. The largest absolute Gasteiger partial charge is 0.496 e. The minimum Gasteiger partial charge on any atom is -0.496 e. The van der Waals surface area contributed by atoms with E-state index in [0.717, 1.165) is 24.2 Å². The SMILES string of the molecule is COc1cc(C(=O)N2CCN([C@H](C)c3cccc([N+](=O)[O-])c3)CC2)ccc1C. The second-order valence-corrected chi connectivity index (χ2v) is 7.04. The summed E-state index contributed by atoms with van der Waals surface area (Å²) in [5.41, 5.74) is 2.64. The fourth-order valence-corrected chi connectivity index (χ4v) is 3.56. The summed E-state index contributed by atoms with van der Waals surface area (Å²) >= 11 is 0. The number of nitro groups is 1. The molecule has 0 N–H and O–H groups in total. The number of nitrogens with zero attached hydrogens (tertiary/aromatic N) is 3. The van der Waals surface area contributed by atoms with Gasteiger partial charge in [-0.05, 0) is 37.1 Å². The summed E-state index contributed by atoms with van der Waals surface area (Å²) in [6.45, 7) is 6.67. The molecule has 0 bridgehead atoms. The highest BCUT2D eigenvalue weighted by molar-refractivity contribution is 5.94. The highest BCUT2D eigenvalue weighted by Gasteiger charge is 2.26. The van der Waals surface area contributed by atoms with Gasteiger partial charge in [-0.2, -0.15) is 0 Å². The lowest BCUT2D eigenvalue weighted by Gasteiger charge is -2.38. The summed E-state index contributed by atoms with van der Waals surface area (Å²) in [6.07, 6.45) is 0. The maximum atomic E-state index is 12.8. The molecule has 2 aromatic rings. The topological polar surface area (TPSA) is 75.9 Å². The lowest BCUT2D eigenvalue weighted by Crippen LogP contribution is -2.49. The van der Waals surface area contributed by atoms with Crippen LogP contribution in [0.2, 0.25) is 0 Å². The van der Waals surface area contributed by atoms with Crippen molar-refractivity contribution in [2.24, 2.45) is 0 Å². The molecule has 0 saturated carbocycles. The van der Waals surface area contributed by atoms with Crippen molar-refractivity contribution >= 4 is 11.6 Å². The van der Waals surface area contributed by atoms with Crippen LogP contribution in [0.15, 0.2) is 42.5 Å². The van der Waals surface area contributed by atoms with Crippen LogP contribution in [-0.2, 0) is 0 Å². The smallest absolute Gasteiger partial charge is 0.269 e. The summed E-state index contributed by atoms with van der Waals surface area (Å²) in [5, 5.41) is 11.0. The molecule has 148 valence electrons. The Morgan fingerprint density at radius 3 is 2.50 bits per heavy atom. The van der Waals surface area contributed by atoms with E-state index in [2.05, 4.69) is 4.90 Å². The summed E-state index contributed by atoms with van der Waals surface area (Å²) in [4.78, 5) is 27.6. The van der Waals surface area contributed by atoms with Gasteiger partial charge in [0.05, 0.1) is 12.0 Å². The van der Waals surface area contributed by atoms with Gasteiger partial charge >= 0.3 is 0 Å². The fraction of sp³-hybridized carbons (Fsp3) is 0.381. The van der Waals surface area contributed by atoms with Gasteiger partial charge in [0.2, 0.25) is 0 Å². The van der Waals surface area contributed by atoms with Crippen LogP contribution in [-0.4, -0.2) is 53.9 Å². The molecule has 3 rings (SSSR count). The number of benzene rings is 2. The Hall–Kier alpha value is -2.93. The normalized spacial score (nSPS) is 15.9. The second-order valence-electron chi connectivity index (χ2n) is 7.04. The molecule has 1 atom stereocenters. The van der Waals surface area contributed by atoms with Gasteiger partial charge in [0.25, 0.3) is 11.6 Å². The average molecular weight is 383 g/mol. The lowest BCUT2D eigenvalue weighted by atomic mass is 10.0. The van der Waals surface area contributed by atoms with E-state index in [1.165, 1.54) is 6.07 Å². The molecular formula is C21H25N3O4. The van der Waals surface area contributed by atoms with Crippen LogP contribution in [0.25, 0.3) is 0 Å². The summed E-state index contributed by atoms with van der Waals surface area (Å²) in [5.74, 6) is 0.713. The molecule has 2 aromatic carbocycles. The van der Waals surface area contributed by atoms with Crippen LogP contribution in [0.5, 0.6) is 5.75 Å². The maximum absolute atomic E-state index is 12.8. The molecule has 1 aliphatic heterocycles. The second kappa shape index (κ2) is 8.39. The zero-order valence-electron chi connectivity index (χ0n) is 16.4. The third-order valence-electron chi connectivity index (χ3n) is 5.37. The molecule has 0 aliphatic carbocycles. The van der Waals surface area contributed by atoms with E-state index in [1.54, 1.807) is 25.3 Å². The summed E-state index contributed by atoms with van der Waals surface area (Å²) in [7, 11) is 1.60. The predicted octanol–water partition coefficient (Wildman–Crippen LogP) is 3.43. The first-order valence-electron chi connectivity index (χ1n) is 9.33. The van der Waals surface area contributed by atoms with Crippen molar-refractivity contribution in [1.29, 1.82) is 0 Å². The monoisotopic (exact) mass is 383 g/mol. The van der Waals surface area contributed by atoms with Crippen molar-refractivity contribution in [1.82, 2.24) is 9.80 Å². The number of carbonyl (C=O) groups excluding carboxylic acids is 1. The molecule has 1 fully saturated rings. The third kappa shape index (κ3) is 4.14. The number of methoxy groups -OCH3 is 1. The number of aryl methyl sites for hydroxylation is 1. The van der Waals surface area contributed by atoms with Gasteiger partial charge in [0, 0.05) is 49.9 Å². The molecule has 1 amide bonds. The average Bonchev–Trinajstić information content (AvgIpc) is 2.73. The maximum Gasteiger partial charge on any atom is 0.269 e. The van der Waals surface area contributed by atoms with E-state index in [0.29, 0.717) is 24.4 Å². The standard InChI is InChI=1S/C21H25N3O4/c1-15-7-8-18(14-20(15)28-3)21(25)23-11-9-22(10-12-23)16(2)17-5-4-6-19(13-17)24(26)27/h4-8,13-14,16H,9-12H2,1-3H3/t16-/m1/s1.